The van der Waals surface area contributed by atoms with E-state index < -0.39 is 9.84 Å². The number of hydrogen-bond donors (Lipinski definition) is 2. The first-order chi connectivity index (χ1) is 9.85. The van der Waals surface area contributed by atoms with Crippen molar-refractivity contribution in [2.24, 2.45) is 0 Å². The lowest BCUT2D eigenvalue weighted by molar-refractivity contribution is 0.592. The minimum absolute atomic E-state index is 0.136. The topological polar surface area (TPSA) is 91.9 Å². The summed E-state index contributed by atoms with van der Waals surface area (Å²) in [6, 6.07) is 4.91. The zero-order valence-electron chi connectivity index (χ0n) is 11.5. The van der Waals surface area contributed by atoms with Crippen LogP contribution < -0.4 is 10.9 Å². The van der Waals surface area contributed by atoms with Crippen LogP contribution in [0.5, 0.6) is 0 Å². The number of rotatable bonds is 6. The Morgan fingerprint density at radius 1 is 1.38 bits per heavy atom. The van der Waals surface area contributed by atoms with Crippen LogP contribution in [0.3, 0.4) is 0 Å². The van der Waals surface area contributed by atoms with Gasteiger partial charge in [-0.1, -0.05) is 11.6 Å². The normalized spacial score (nSPS) is 11.9. The second-order valence-corrected chi connectivity index (χ2v) is 7.53. The highest BCUT2D eigenvalue weighted by atomic mass is 35.5. The zero-order chi connectivity index (χ0) is 15.5. The number of benzene rings is 1. The number of H-pyrrole nitrogens is 1. The Bertz CT molecular complexity index is 802. The fraction of sp³-hybridized carbons (Fsp3) is 0.385. The van der Waals surface area contributed by atoms with Gasteiger partial charge in [0.05, 0.1) is 23.2 Å². The van der Waals surface area contributed by atoms with Crippen LogP contribution in [0.2, 0.25) is 5.02 Å². The first-order valence-corrected chi connectivity index (χ1v) is 8.86. The van der Waals surface area contributed by atoms with Crippen LogP contribution in [0, 0.1) is 0 Å². The third-order valence-corrected chi connectivity index (χ3v) is 4.14. The van der Waals surface area contributed by atoms with Gasteiger partial charge in [-0.25, -0.2) is 13.4 Å². The van der Waals surface area contributed by atoms with Crippen molar-refractivity contribution in [2.75, 3.05) is 18.6 Å². The lowest BCUT2D eigenvalue weighted by atomic mass is 10.2. The van der Waals surface area contributed by atoms with E-state index in [0.29, 0.717) is 41.3 Å². The van der Waals surface area contributed by atoms with Gasteiger partial charge in [0.2, 0.25) is 0 Å². The predicted octanol–water partition coefficient (Wildman–Crippen LogP) is 1.10. The largest absolute Gasteiger partial charge is 0.310 e. The summed E-state index contributed by atoms with van der Waals surface area (Å²) in [6.45, 7) is 0.895. The van der Waals surface area contributed by atoms with Crippen LogP contribution in [0.15, 0.2) is 23.0 Å². The number of fused-ring (bicyclic) bond motifs is 1. The molecular formula is C13H16ClN3O3S. The van der Waals surface area contributed by atoms with Crippen LogP contribution in [-0.2, 0) is 16.4 Å². The Balaban J connectivity index is 2.01. The molecule has 0 aliphatic rings. The molecule has 1 aromatic heterocycles. The van der Waals surface area contributed by atoms with Gasteiger partial charge in [-0.2, -0.15) is 0 Å². The summed E-state index contributed by atoms with van der Waals surface area (Å²) in [4.78, 5) is 18.9. The van der Waals surface area contributed by atoms with Gasteiger partial charge in [0.1, 0.15) is 15.7 Å². The molecule has 0 bridgehead atoms. The molecule has 0 unspecified atom stereocenters. The SMILES string of the molecule is CS(=O)(=O)CCCNCc1nc2cc(Cl)ccc2c(=O)[nH]1. The standard InChI is InChI=1S/C13H16ClN3O3S/c1-21(19,20)6-2-5-15-8-12-16-11-7-9(14)3-4-10(11)13(18)17-12/h3-4,7,15H,2,5-6,8H2,1H3,(H,16,17,18). The molecule has 21 heavy (non-hydrogen) atoms. The Labute approximate surface area is 127 Å². The van der Waals surface area contributed by atoms with E-state index in [1.807, 2.05) is 0 Å². The molecule has 8 heteroatoms. The fourth-order valence-corrected chi connectivity index (χ4v) is 2.75. The van der Waals surface area contributed by atoms with E-state index in [-0.39, 0.29) is 11.3 Å². The smallest absolute Gasteiger partial charge is 0.258 e. The van der Waals surface area contributed by atoms with Gasteiger partial charge in [0, 0.05) is 11.3 Å². The van der Waals surface area contributed by atoms with Gasteiger partial charge >= 0.3 is 0 Å². The average molecular weight is 330 g/mol. The van der Waals surface area contributed by atoms with Crippen molar-refractivity contribution in [1.29, 1.82) is 0 Å². The van der Waals surface area contributed by atoms with Crippen molar-refractivity contribution < 1.29 is 8.42 Å². The molecule has 0 radical (unpaired) electrons. The van der Waals surface area contributed by atoms with E-state index in [0.717, 1.165) is 0 Å². The molecule has 2 N–H and O–H groups in total. The summed E-state index contributed by atoms with van der Waals surface area (Å²) in [5.74, 6) is 0.631. The van der Waals surface area contributed by atoms with Crippen molar-refractivity contribution in [1.82, 2.24) is 15.3 Å². The van der Waals surface area contributed by atoms with Crippen LogP contribution in [0.1, 0.15) is 12.2 Å². The molecule has 0 saturated heterocycles. The van der Waals surface area contributed by atoms with Crippen molar-refractivity contribution >= 4 is 32.3 Å². The van der Waals surface area contributed by atoms with Crippen molar-refractivity contribution in [3.8, 4) is 0 Å². The predicted molar refractivity (Wildman–Crippen MR) is 83.4 cm³/mol. The molecule has 0 aliphatic heterocycles. The Kier molecular flexibility index (Phi) is 4.97. The molecular weight excluding hydrogens is 314 g/mol. The van der Waals surface area contributed by atoms with E-state index in [1.165, 1.54) is 6.26 Å². The van der Waals surface area contributed by atoms with Crippen LogP contribution in [0.4, 0.5) is 0 Å². The Morgan fingerprint density at radius 2 is 2.14 bits per heavy atom. The lowest BCUT2D eigenvalue weighted by Crippen LogP contribution is -2.21. The quantitative estimate of drug-likeness (QED) is 0.774. The molecule has 0 spiro atoms. The second kappa shape index (κ2) is 6.55. The van der Waals surface area contributed by atoms with Gasteiger partial charge in [-0.15, -0.1) is 0 Å². The third-order valence-electron chi connectivity index (χ3n) is 2.88. The van der Waals surface area contributed by atoms with Crippen LogP contribution in [-0.4, -0.2) is 36.9 Å². The third kappa shape index (κ3) is 4.80. The molecule has 2 aromatic rings. The monoisotopic (exact) mass is 329 g/mol. The molecule has 6 nitrogen and oxygen atoms in total. The Hall–Kier alpha value is -1.44. The second-order valence-electron chi connectivity index (χ2n) is 4.83. The maximum atomic E-state index is 11.9. The van der Waals surface area contributed by atoms with E-state index in [4.69, 9.17) is 11.6 Å². The number of aromatic amines is 1. The number of sulfone groups is 1. The van der Waals surface area contributed by atoms with Gasteiger partial charge in [0.15, 0.2) is 0 Å². The molecule has 0 aliphatic carbocycles. The number of aromatic nitrogens is 2. The molecule has 1 heterocycles. The minimum Gasteiger partial charge on any atom is -0.310 e. The maximum Gasteiger partial charge on any atom is 0.258 e. The van der Waals surface area contributed by atoms with Gasteiger partial charge in [-0.3, -0.25) is 4.79 Å². The van der Waals surface area contributed by atoms with E-state index in [1.54, 1.807) is 18.2 Å². The molecule has 0 fully saturated rings. The summed E-state index contributed by atoms with van der Waals surface area (Å²) in [7, 11) is -2.94. The van der Waals surface area contributed by atoms with E-state index in [2.05, 4.69) is 15.3 Å². The highest BCUT2D eigenvalue weighted by Crippen LogP contribution is 2.14. The van der Waals surface area contributed by atoms with Crippen LogP contribution >= 0.6 is 11.6 Å². The summed E-state index contributed by atoms with van der Waals surface area (Å²) < 4.78 is 22.0. The van der Waals surface area contributed by atoms with Crippen LogP contribution in [0.25, 0.3) is 10.9 Å². The van der Waals surface area contributed by atoms with Gasteiger partial charge in [-0.05, 0) is 31.2 Å². The zero-order valence-corrected chi connectivity index (χ0v) is 13.1. The molecule has 0 saturated carbocycles. The lowest BCUT2D eigenvalue weighted by Gasteiger charge is -2.05. The number of hydrogen-bond acceptors (Lipinski definition) is 5. The first-order valence-electron chi connectivity index (χ1n) is 6.42. The highest BCUT2D eigenvalue weighted by molar-refractivity contribution is 7.90. The number of nitrogens with zero attached hydrogens (tertiary/aromatic N) is 1. The summed E-state index contributed by atoms with van der Waals surface area (Å²) in [6.07, 6.45) is 1.72. The molecule has 1 aromatic carbocycles. The average Bonchev–Trinajstić information content (AvgIpc) is 2.36. The summed E-state index contributed by atoms with van der Waals surface area (Å²) >= 11 is 5.89. The van der Waals surface area contributed by atoms with Crippen molar-refractivity contribution in [3.63, 3.8) is 0 Å². The van der Waals surface area contributed by atoms with Crippen molar-refractivity contribution in [2.45, 2.75) is 13.0 Å². The first kappa shape index (κ1) is 15.9. The summed E-state index contributed by atoms with van der Waals surface area (Å²) in [5.41, 5.74) is 0.323. The minimum atomic E-state index is -2.94. The van der Waals surface area contributed by atoms with Crippen molar-refractivity contribution in [3.05, 3.63) is 39.4 Å². The molecule has 114 valence electrons. The summed E-state index contributed by atoms with van der Waals surface area (Å²) in [5, 5.41) is 4.06. The van der Waals surface area contributed by atoms with Gasteiger partial charge < -0.3 is 10.3 Å². The highest BCUT2D eigenvalue weighted by Gasteiger charge is 2.05. The number of halogens is 1. The fourth-order valence-electron chi connectivity index (χ4n) is 1.91. The van der Waals surface area contributed by atoms with Gasteiger partial charge in [0.25, 0.3) is 5.56 Å². The van der Waals surface area contributed by atoms with E-state index in [9.17, 15) is 13.2 Å². The molecule has 0 atom stereocenters. The molecule has 0 amide bonds. The van der Waals surface area contributed by atoms with E-state index >= 15 is 0 Å². The Morgan fingerprint density at radius 3 is 2.86 bits per heavy atom. The molecule has 2 rings (SSSR count). The number of nitrogens with one attached hydrogen (secondary N) is 2. The maximum absolute atomic E-state index is 11.9.